The third-order valence-corrected chi connectivity index (χ3v) is 24.9. The molecule has 13 aromatic rings. The van der Waals surface area contributed by atoms with Gasteiger partial charge in [-0.3, -0.25) is 0 Å². The van der Waals surface area contributed by atoms with E-state index in [9.17, 15) is 15.8 Å². The summed E-state index contributed by atoms with van der Waals surface area (Å²) in [4.78, 5) is 24.8. The molecule has 0 bridgehead atoms. The summed E-state index contributed by atoms with van der Waals surface area (Å²) >= 11 is 43.5. The van der Waals surface area contributed by atoms with Gasteiger partial charge in [0.1, 0.15) is 52.4 Å². The molecular formula is C93H74Cl7N13. The minimum absolute atomic E-state index is 0.121. The van der Waals surface area contributed by atoms with Crippen LogP contribution in [-0.2, 0) is 32.1 Å². The summed E-state index contributed by atoms with van der Waals surface area (Å²) in [6.07, 6.45) is 18.3. The predicted molar refractivity (Wildman–Crippen MR) is 460 cm³/mol. The van der Waals surface area contributed by atoms with Crippen LogP contribution in [0.3, 0.4) is 0 Å². The highest BCUT2D eigenvalue weighted by Gasteiger charge is 2.34. The lowest BCUT2D eigenvalue weighted by Gasteiger charge is -2.31. The first-order valence-electron chi connectivity index (χ1n) is 37.4. The second-order valence-electron chi connectivity index (χ2n) is 28.9. The van der Waals surface area contributed by atoms with Crippen LogP contribution in [0.25, 0.3) is 44.6 Å². The second-order valence-corrected chi connectivity index (χ2v) is 31.8. The Hall–Kier alpha value is -10.8. The molecule has 560 valence electrons. The van der Waals surface area contributed by atoms with Crippen LogP contribution < -0.4 is 22.5 Å². The highest BCUT2D eigenvalue weighted by atomic mass is 35.5. The summed E-state index contributed by atoms with van der Waals surface area (Å²) in [5.41, 5.74) is 42.7. The molecule has 0 spiro atoms. The van der Waals surface area contributed by atoms with Crippen molar-refractivity contribution < 1.29 is 0 Å². The third kappa shape index (κ3) is 16.2. The van der Waals surface area contributed by atoms with Gasteiger partial charge in [-0.05, 0) is 196 Å². The number of nitrogens with one attached hydrogen (secondary N) is 1. The average Bonchev–Trinajstić information content (AvgIpc) is 0.765. The standard InChI is InChI=1S/C33H35ClN4.3C20H13Cl2N3/c1-38(26-9-3-2-4-10-26)20-19-23-15-17-25(18-16-23)36-33-35-22-24-21-30(28-12-7-8-14-31(28)34)27-11-5-6-13-29(27)32(24)37-33;3*21-17-6-5-11(8-18(17)22)15-7-12-10-25-20(24)16(9-23)19(12)14-4-2-1-3-13(14)15/h5-8,11-18,22,26,30H,2-4,9-10,19-21H2,1H3,(H,35,36,37);3*1-6,8,10,15H,7H2,(H2,24,25)/t;2*15-;/m.10./s1. The van der Waals surface area contributed by atoms with Crippen molar-refractivity contribution in [1.82, 2.24) is 29.8 Å². The first-order chi connectivity index (χ1) is 54.9. The van der Waals surface area contributed by atoms with Crippen LogP contribution in [0, 0.1) is 34.0 Å². The Morgan fingerprint density at radius 3 is 1.18 bits per heavy atom. The number of aromatic nitrogens is 5. The number of halogens is 7. The van der Waals surface area contributed by atoms with Gasteiger partial charge in [0.05, 0.1) is 35.8 Å². The highest BCUT2D eigenvalue weighted by molar-refractivity contribution is 6.43. The van der Waals surface area contributed by atoms with E-state index in [1.54, 1.807) is 18.6 Å². The highest BCUT2D eigenvalue weighted by Crippen LogP contribution is 2.50. The molecular weight excluding hydrogens is 1550 g/mol. The summed E-state index contributed by atoms with van der Waals surface area (Å²) in [5, 5.41) is 36.1. The van der Waals surface area contributed by atoms with E-state index in [0.29, 0.717) is 52.8 Å². The lowest BCUT2D eigenvalue weighted by atomic mass is 9.75. The van der Waals surface area contributed by atoms with Crippen LogP contribution in [0.15, 0.2) is 225 Å². The van der Waals surface area contributed by atoms with Crippen LogP contribution >= 0.6 is 81.2 Å². The van der Waals surface area contributed by atoms with Gasteiger partial charge in [0.15, 0.2) is 0 Å². The number of nitrogen functional groups attached to an aromatic ring is 3. The lowest BCUT2D eigenvalue weighted by Crippen LogP contribution is -2.34. The second kappa shape index (κ2) is 34.2. The van der Waals surface area contributed by atoms with Crippen molar-refractivity contribution in [3.63, 3.8) is 0 Å². The first kappa shape index (κ1) is 77.5. The fourth-order valence-electron chi connectivity index (χ4n) is 16.7. The SMILES string of the molecule is CN(CCc1ccc(Nc2ncc3c(n2)-c2ccccc2C(c2ccccc2Cl)C3)cc1)C1CCCCC1.N#Cc1c(N)ncc2c1-c1ccccc1C(c1ccc(Cl)c(Cl)c1)C2.N#Cc1c(N)ncc2c1-c1ccccc1[C@@H](c1ccc(Cl)c(Cl)c1)C2.N#Cc1c(N)ncc2c1-c1ccccc1[C@H](c1ccc(Cl)c(Cl)c1)C2. The molecule has 13 nitrogen and oxygen atoms in total. The number of anilines is 5. The Morgan fingerprint density at radius 2 is 0.770 bits per heavy atom. The molecule has 1 fully saturated rings. The molecule has 0 amide bonds. The molecule has 113 heavy (non-hydrogen) atoms. The molecule has 1 saturated carbocycles. The molecule has 5 aliphatic rings. The van der Waals surface area contributed by atoms with E-state index in [-0.39, 0.29) is 41.1 Å². The Labute approximate surface area is 692 Å². The Morgan fingerprint density at radius 1 is 0.398 bits per heavy atom. The minimum Gasteiger partial charge on any atom is -0.383 e. The van der Waals surface area contributed by atoms with Gasteiger partial charge in [0.25, 0.3) is 0 Å². The molecule has 4 aromatic heterocycles. The fraction of sp³-hybridized carbons (Fsp3) is 0.183. The van der Waals surface area contributed by atoms with Crippen molar-refractivity contribution in [3.05, 3.63) is 349 Å². The molecule has 0 saturated heterocycles. The van der Waals surface area contributed by atoms with Crippen molar-refractivity contribution in [2.45, 2.75) is 93.9 Å². The van der Waals surface area contributed by atoms with Crippen LogP contribution in [0.5, 0.6) is 0 Å². The maximum Gasteiger partial charge on any atom is 0.227 e. The van der Waals surface area contributed by atoms with Gasteiger partial charge in [-0.15, -0.1) is 0 Å². The number of hydrogen-bond donors (Lipinski definition) is 4. The zero-order valence-corrected chi connectivity index (χ0v) is 66.7. The lowest BCUT2D eigenvalue weighted by molar-refractivity contribution is 0.194. The van der Waals surface area contributed by atoms with Crippen molar-refractivity contribution in [3.8, 4) is 62.8 Å². The largest absolute Gasteiger partial charge is 0.383 e. The summed E-state index contributed by atoms with van der Waals surface area (Å²) in [6, 6.07) is 74.2. The monoisotopic (exact) mass is 1620 g/mol. The predicted octanol–water partition coefficient (Wildman–Crippen LogP) is 23.6. The van der Waals surface area contributed by atoms with Crippen LogP contribution in [0.2, 0.25) is 35.2 Å². The maximum absolute atomic E-state index is 9.55. The fourth-order valence-corrected chi connectivity index (χ4v) is 17.9. The molecule has 4 heterocycles. The quantitative estimate of drug-likeness (QED) is 0.1000. The zero-order valence-electron chi connectivity index (χ0n) is 61.4. The number of likely N-dealkylation sites (N-methyl/N-ethyl adjacent to an activating group) is 1. The first-order valence-corrected chi connectivity index (χ1v) is 40.0. The summed E-state index contributed by atoms with van der Waals surface area (Å²) in [6.45, 7) is 1.11. The van der Waals surface area contributed by atoms with Crippen molar-refractivity contribution in [2.75, 3.05) is 36.1 Å². The van der Waals surface area contributed by atoms with Crippen LogP contribution in [0.1, 0.15) is 145 Å². The average molecular weight is 1620 g/mol. The number of nitrogens with zero attached hydrogens (tertiary/aromatic N) is 9. The Balaban J connectivity index is 0.000000121. The van der Waals surface area contributed by atoms with E-state index in [2.05, 4.69) is 134 Å². The Kier molecular flexibility index (Phi) is 23.5. The molecule has 0 radical (unpaired) electrons. The van der Waals surface area contributed by atoms with Crippen LogP contribution in [0.4, 0.5) is 29.1 Å². The van der Waals surface area contributed by atoms with Crippen LogP contribution in [-0.4, -0.2) is 49.5 Å². The van der Waals surface area contributed by atoms with Gasteiger partial charge < -0.3 is 27.4 Å². The smallest absolute Gasteiger partial charge is 0.227 e. The maximum atomic E-state index is 9.55. The van der Waals surface area contributed by atoms with Gasteiger partial charge in [0.2, 0.25) is 5.95 Å². The number of benzene rings is 9. The van der Waals surface area contributed by atoms with Crippen molar-refractivity contribution in [2.24, 2.45) is 0 Å². The van der Waals surface area contributed by atoms with E-state index < -0.39 is 0 Å². The van der Waals surface area contributed by atoms with E-state index in [4.69, 9.17) is 103 Å². The Bertz CT molecular complexity index is 5540. The molecule has 7 N–H and O–H groups in total. The number of fused-ring (bicyclic) bond motifs is 12. The molecule has 0 aliphatic heterocycles. The molecule has 20 heteroatoms. The third-order valence-electron chi connectivity index (χ3n) is 22.3. The van der Waals surface area contributed by atoms with Crippen molar-refractivity contribution in [1.29, 1.82) is 15.8 Å². The van der Waals surface area contributed by atoms with Gasteiger partial charge in [-0.2, -0.15) is 15.8 Å². The summed E-state index contributed by atoms with van der Waals surface area (Å²) < 4.78 is 0. The van der Waals surface area contributed by atoms with Crippen molar-refractivity contribution >= 4 is 110 Å². The van der Waals surface area contributed by atoms with Gasteiger partial charge >= 0.3 is 0 Å². The molecule has 2 unspecified atom stereocenters. The van der Waals surface area contributed by atoms with Gasteiger partial charge in [-0.25, -0.2) is 24.9 Å². The van der Waals surface area contributed by atoms with Gasteiger partial charge in [0, 0.05) is 94.0 Å². The molecule has 9 aromatic carbocycles. The minimum atomic E-state index is 0.121. The van der Waals surface area contributed by atoms with E-state index in [0.717, 1.165) is 161 Å². The summed E-state index contributed by atoms with van der Waals surface area (Å²) in [7, 11) is 2.29. The van der Waals surface area contributed by atoms with Gasteiger partial charge in [-0.1, -0.05) is 246 Å². The number of nitriles is 3. The number of rotatable bonds is 10. The van der Waals surface area contributed by atoms with E-state index >= 15 is 0 Å². The number of pyridine rings is 3. The number of nitrogens with two attached hydrogens (primary N) is 3. The van der Waals surface area contributed by atoms with E-state index in [1.807, 2.05) is 128 Å². The normalized spacial score (nSPS) is 15.8. The molecule has 5 aliphatic carbocycles. The number of hydrogen-bond acceptors (Lipinski definition) is 13. The zero-order chi connectivity index (χ0) is 78.6. The molecule has 4 atom stereocenters. The topological polar surface area (TPSA) is 229 Å². The van der Waals surface area contributed by atoms with E-state index in [1.165, 1.54) is 43.2 Å². The molecule has 18 rings (SSSR count). The summed E-state index contributed by atoms with van der Waals surface area (Å²) in [5.74, 6) is 1.98.